The Morgan fingerprint density at radius 2 is 1.20 bits per heavy atom. The Morgan fingerprint density at radius 3 is 2.05 bits per heavy atom. The van der Waals surface area contributed by atoms with Crippen molar-refractivity contribution in [2.75, 3.05) is 4.90 Å². The molecule has 0 atom stereocenters. The zero-order valence-electron chi connectivity index (χ0n) is 32.3. The van der Waals surface area contributed by atoms with Crippen molar-refractivity contribution in [1.82, 2.24) is 0 Å². The molecule has 0 amide bonds. The van der Waals surface area contributed by atoms with E-state index in [2.05, 4.69) is 219 Å². The Bertz CT molecular complexity index is 2660. The van der Waals surface area contributed by atoms with Gasteiger partial charge >= 0.3 is 0 Å². The number of benzene rings is 7. The van der Waals surface area contributed by atoms with Gasteiger partial charge in [0.15, 0.2) is 0 Å². The lowest BCUT2D eigenvalue weighted by atomic mass is 9.82. The monoisotopic (exact) mass is 721 g/mol. The van der Waals surface area contributed by atoms with E-state index in [0.717, 1.165) is 37.1 Å². The van der Waals surface area contributed by atoms with E-state index in [0.29, 0.717) is 0 Å². The Morgan fingerprint density at radius 1 is 0.536 bits per heavy atom. The number of hydrogen-bond donors (Lipinski definition) is 0. The van der Waals surface area contributed by atoms with E-state index in [4.69, 9.17) is 0 Å². The summed E-state index contributed by atoms with van der Waals surface area (Å²) in [5, 5.41) is 2.45. The van der Waals surface area contributed by atoms with Crippen molar-refractivity contribution in [3.8, 4) is 22.3 Å². The van der Waals surface area contributed by atoms with Gasteiger partial charge in [-0.25, -0.2) is 0 Å². The molecule has 0 aromatic heterocycles. The molecule has 1 heteroatoms. The summed E-state index contributed by atoms with van der Waals surface area (Å²) in [5.41, 5.74) is 16.6. The molecule has 0 aliphatic heterocycles. The zero-order valence-corrected chi connectivity index (χ0v) is 32.3. The molecule has 0 radical (unpaired) electrons. The molecule has 0 spiro atoms. The van der Waals surface area contributed by atoms with Crippen LogP contribution in [0.3, 0.4) is 0 Å². The quantitative estimate of drug-likeness (QED) is 0.127. The van der Waals surface area contributed by atoms with E-state index < -0.39 is 0 Å². The van der Waals surface area contributed by atoms with Gasteiger partial charge in [-0.2, -0.15) is 0 Å². The van der Waals surface area contributed by atoms with E-state index in [1.54, 1.807) is 0 Å². The van der Waals surface area contributed by atoms with Crippen molar-refractivity contribution in [2.45, 2.75) is 44.9 Å². The van der Waals surface area contributed by atoms with Crippen molar-refractivity contribution in [1.29, 1.82) is 0 Å². The SMILES string of the molecule is CC1(C)c2ccccc2-c2ccc(N(c3ccccc3-c3cccc(C4=CCCC=C4)c3C/C=C\C=C/Cc3ccccc3)c3cccc4ccccc34)cc21. The van der Waals surface area contributed by atoms with Crippen LogP contribution in [0.25, 0.3) is 38.6 Å². The lowest BCUT2D eigenvalue weighted by Crippen LogP contribution is -2.17. The average molecular weight is 722 g/mol. The number of rotatable bonds is 10. The average Bonchev–Trinajstić information content (AvgIpc) is 3.48. The van der Waals surface area contributed by atoms with Crippen LogP contribution < -0.4 is 4.90 Å². The van der Waals surface area contributed by atoms with Gasteiger partial charge in [0.2, 0.25) is 0 Å². The van der Waals surface area contributed by atoms with Gasteiger partial charge in [-0.15, -0.1) is 0 Å². The molecular weight excluding hydrogens is 675 g/mol. The summed E-state index contributed by atoms with van der Waals surface area (Å²) in [4.78, 5) is 2.51. The number of nitrogens with zero attached hydrogens (tertiary/aromatic N) is 1. The van der Waals surface area contributed by atoms with Gasteiger partial charge in [-0.3, -0.25) is 0 Å². The van der Waals surface area contributed by atoms with Crippen LogP contribution in [-0.4, -0.2) is 0 Å². The predicted molar refractivity (Wildman–Crippen MR) is 240 cm³/mol. The third-order valence-corrected chi connectivity index (χ3v) is 11.7. The van der Waals surface area contributed by atoms with Crippen LogP contribution in [0.5, 0.6) is 0 Å². The molecule has 7 aromatic rings. The highest BCUT2D eigenvalue weighted by atomic mass is 15.1. The Balaban J connectivity index is 1.20. The van der Waals surface area contributed by atoms with Gasteiger partial charge in [0.05, 0.1) is 11.4 Å². The second kappa shape index (κ2) is 15.4. The lowest BCUT2D eigenvalue weighted by Gasteiger charge is -2.31. The molecule has 0 bridgehead atoms. The van der Waals surface area contributed by atoms with E-state index in [1.807, 2.05) is 0 Å². The van der Waals surface area contributed by atoms with Crippen LogP contribution in [-0.2, 0) is 18.3 Å². The summed E-state index contributed by atoms with van der Waals surface area (Å²) in [6.07, 6.45) is 19.9. The fourth-order valence-electron chi connectivity index (χ4n) is 8.84. The normalized spacial score (nSPS) is 14.3. The molecule has 0 unspecified atom stereocenters. The molecule has 2 aliphatic rings. The molecule has 272 valence electrons. The third-order valence-electron chi connectivity index (χ3n) is 11.7. The highest BCUT2D eigenvalue weighted by Crippen LogP contribution is 2.52. The maximum Gasteiger partial charge on any atom is 0.0540 e. The molecular formula is C55H47N. The van der Waals surface area contributed by atoms with Crippen molar-refractivity contribution < 1.29 is 0 Å². The molecule has 0 saturated heterocycles. The second-order valence-electron chi connectivity index (χ2n) is 15.5. The first-order chi connectivity index (χ1) is 27.6. The molecule has 0 heterocycles. The van der Waals surface area contributed by atoms with Gasteiger partial charge in [-0.05, 0) is 105 Å². The summed E-state index contributed by atoms with van der Waals surface area (Å²) in [6, 6.07) is 58.1. The van der Waals surface area contributed by atoms with Gasteiger partial charge in [0.25, 0.3) is 0 Å². The molecule has 0 saturated carbocycles. The number of hydrogen-bond acceptors (Lipinski definition) is 1. The standard InChI is InChI=1S/C55H47N/c1-55(2)51-34-17-15-30-48(51)49-38-37-43(39-52(49)55)56(53-36-19-27-42-26-13-14-28-45(42)53)54-35-18-16-31-50(54)47-33-20-32-44(41-24-10-6-11-25-41)46(47)29-12-4-3-7-21-40-22-8-5-9-23-40/h3-5,7-10,12-20,22-28,30-39H,6,11,21,29H2,1-2H3/b7-3-,12-4-. The molecule has 0 fully saturated rings. The first kappa shape index (κ1) is 35.3. The van der Waals surface area contributed by atoms with Gasteiger partial charge in [-0.1, -0.05) is 190 Å². The smallest absolute Gasteiger partial charge is 0.0540 e. The Labute approximate surface area is 332 Å². The summed E-state index contributed by atoms with van der Waals surface area (Å²) in [7, 11) is 0. The summed E-state index contributed by atoms with van der Waals surface area (Å²) < 4.78 is 0. The second-order valence-corrected chi connectivity index (χ2v) is 15.5. The van der Waals surface area contributed by atoms with Crippen molar-refractivity contribution >= 4 is 33.4 Å². The van der Waals surface area contributed by atoms with Crippen molar-refractivity contribution in [2.24, 2.45) is 0 Å². The van der Waals surface area contributed by atoms with Gasteiger partial charge in [0, 0.05) is 22.1 Å². The topological polar surface area (TPSA) is 3.24 Å². The Hall–Kier alpha value is -6.44. The maximum absolute atomic E-state index is 2.51. The van der Waals surface area contributed by atoms with E-state index in [9.17, 15) is 0 Å². The van der Waals surface area contributed by atoms with Crippen LogP contribution in [0.1, 0.15) is 54.5 Å². The molecule has 0 N–H and O–H groups in total. The minimum atomic E-state index is -0.115. The molecule has 9 rings (SSSR count). The first-order valence-electron chi connectivity index (χ1n) is 20.0. The third kappa shape index (κ3) is 6.65. The number of allylic oxidation sites excluding steroid dienone is 8. The van der Waals surface area contributed by atoms with Crippen LogP contribution in [0.4, 0.5) is 17.1 Å². The van der Waals surface area contributed by atoms with Crippen LogP contribution in [0, 0.1) is 0 Å². The maximum atomic E-state index is 2.51. The highest BCUT2D eigenvalue weighted by molar-refractivity contribution is 6.02. The van der Waals surface area contributed by atoms with Crippen molar-refractivity contribution in [3.63, 3.8) is 0 Å². The van der Waals surface area contributed by atoms with Gasteiger partial charge in [0.1, 0.15) is 0 Å². The number of fused-ring (bicyclic) bond motifs is 4. The Kier molecular flexibility index (Phi) is 9.68. The van der Waals surface area contributed by atoms with E-state index in [1.165, 1.54) is 72.1 Å². The minimum absolute atomic E-state index is 0.115. The largest absolute Gasteiger partial charge is 0.309 e. The van der Waals surface area contributed by atoms with Gasteiger partial charge < -0.3 is 4.90 Å². The summed E-state index contributed by atoms with van der Waals surface area (Å²) in [6.45, 7) is 4.74. The molecule has 7 aromatic carbocycles. The van der Waals surface area contributed by atoms with E-state index >= 15 is 0 Å². The summed E-state index contributed by atoms with van der Waals surface area (Å²) in [5.74, 6) is 0. The minimum Gasteiger partial charge on any atom is -0.309 e. The van der Waals surface area contributed by atoms with E-state index in [-0.39, 0.29) is 5.41 Å². The fourth-order valence-corrected chi connectivity index (χ4v) is 8.84. The summed E-state index contributed by atoms with van der Waals surface area (Å²) >= 11 is 0. The fraction of sp³-hybridized carbons (Fsp3) is 0.127. The first-order valence-corrected chi connectivity index (χ1v) is 20.0. The molecule has 2 aliphatic carbocycles. The van der Waals surface area contributed by atoms with Crippen molar-refractivity contribution in [3.05, 3.63) is 228 Å². The zero-order chi connectivity index (χ0) is 37.9. The number of para-hydroxylation sites is 1. The molecule has 56 heavy (non-hydrogen) atoms. The van der Waals surface area contributed by atoms with Crippen LogP contribution in [0.2, 0.25) is 0 Å². The number of anilines is 3. The highest BCUT2D eigenvalue weighted by Gasteiger charge is 2.36. The predicted octanol–water partition coefficient (Wildman–Crippen LogP) is 14.9. The molecule has 1 nitrogen and oxygen atoms in total. The van der Waals surface area contributed by atoms with Crippen LogP contribution >= 0.6 is 0 Å². The van der Waals surface area contributed by atoms with Crippen LogP contribution in [0.15, 0.2) is 200 Å². The lowest BCUT2D eigenvalue weighted by molar-refractivity contribution is 0.660.